The smallest absolute Gasteiger partial charge is 0.309 e. The fourth-order valence-electron chi connectivity index (χ4n) is 7.81. The maximum absolute atomic E-state index is 13.8. The van der Waals surface area contributed by atoms with Crippen LogP contribution in [0.5, 0.6) is 0 Å². The minimum atomic E-state index is -4.32. The molecule has 1 atom stereocenters. The summed E-state index contributed by atoms with van der Waals surface area (Å²) in [4.78, 5) is 39.3. The monoisotopic (exact) mass is 892 g/mol. The van der Waals surface area contributed by atoms with Gasteiger partial charge in [-0.1, -0.05) is 66.2 Å². The van der Waals surface area contributed by atoms with Gasteiger partial charge in [0.25, 0.3) is 15.7 Å². The number of nitro benzene ring substituents is 1. The van der Waals surface area contributed by atoms with Gasteiger partial charge >= 0.3 is 5.97 Å². The highest BCUT2D eigenvalue weighted by atomic mass is 35.5. The average molecular weight is 893 g/mol. The van der Waals surface area contributed by atoms with Crippen molar-refractivity contribution < 1.29 is 23.2 Å². The molecule has 3 heterocycles. The molecule has 5 aromatic carbocycles. The summed E-state index contributed by atoms with van der Waals surface area (Å²) < 4.78 is 30.2. The number of hydrogen-bond acceptors (Lipinski definition) is 12. The quantitative estimate of drug-likeness (QED) is 0.0458. The average Bonchev–Trinajstić information content (AvgIpc) is 3.25. The molecule has 3 N–H and O–H groups in total. The second-order valence-electron chi connectivity index (χ2n) is 15.4. The first-order valence-corrected chi connectivity index (χ1v) is 23.1. The normalized spacial score (nSPS) is 15.5. The first kappa shape index (κ1) is 42.9. The summed E-state index contributed by atoms with van der Waals surface area (Å²) in [6.45, 7) is 5.62. The number of carbonyl (C=O) groups is 1. The number of carboxylic acid groups (broad SMARTS) is 1. The molecule has 0 radical (unpaired) electrons. The molecule has 2 saturated heterocycles. The Morgan fingerprint density at radius 1 is 0.903 bits per heavy atom. The van der Waals surface area contributed by atoms with Crippen LogP contribution >= 0.6 is 23.4 Å². The van der Waals surface area contributed by atoms with Crippen molar-refractivity contribution in [2.75, 3.05) is 66.5 Å². The molecule has 0 bridgehead atoms. The van der Waals surface area contributed by atoms with E-state index in [1.165, 1.54) is 29.6 Å². The Bertz CT molecular complexity index is 2660. The minimum absolute atomic E-state index is 0.0599. The highest BCUT2D eigenvalue weighted by molar-refractivity contribution is 7.99. The van der Waals surface area contributed by atoms with E-state index in [1.807, 2.05) is 71.6 Å². The number of piperazine rings is 1. The van der Waals surface area contributed by atoms with Crippen LogP contribution in [0.2, 0.25) is 5.02 Å². The predicted octanol–water partition coefficient (Wildman–Crippen LogP) is 7.96. The third-order valence-electron chi connectivity index (χ3n) is 11.3. The maximum atomic E-state index is 13.8. The van der Waals surface area contributed by atoms with Crippen LogP contribution in [0.25, 0.3) is 22.0 Å². The second-order valence-corrected chi connectivity index (χ2v) is 18.7. The lowest BCUT2D eigenvalue weighted by Crippen LogP contribution is -2.51. The molecular weight excluding hydrogens is 848 g/mol. The molecule has 14 nitrogen and oxygen atoms in total. The summed E-state index contributed by atoms with van der Waals surface area (Å²) in [5.41, 5.74) is 4.87. The molecular formula is C45H45ClN8O6S2. The van der Waals surface area contributed by atoms with Crippen molar-refractivity contribution in [2.24, 2.45) is 5.92 Å². The molecule has 8 rings (SSSR count). The number of nitrogens with one attached hydrogen (secondary N) is 2. The van der Waals surface area contributed by atoms with Crippen LogP contribution in [-0.4, -0.2) is 102 Å². The number of nitrogens with zero attached hydrogens (tertiary/aromatic N) is 6. The molecule has 0 aliphatic carbocycles. The number of benzene rings is 5. The number of fused-ring (bicyclic) bond motifs is 1. The van der Waals surface area contributed by atoms with Crippen LogP contribution in [0.1, 0.15) is 12.0 Å². The van der Waals surface area contributed by atoms with Gasteiger partial charge in [-0.15, -0.1) is 11.8 Å². The third kappa shape index (κ3) is 10.3. The molecule has 17 heteroatoms. The lowest BCUT2D eigenvalue weighted by molar-refractivity contribution is -0.384. The summed E-state index contributed by atoms with van der Waals surface area (Å²) in [5.74, 6) is -0.580. The van der Waals surface area contributed by atoms with E-state index in [-0.39, 0.29) is 28.1 Å². The van der Waals surface area contributed by atoms with Crippen molar-refractivity contribution in [1.29, 1.82) is 0 Å². The zero-order valence-corrected chi connectivity index (χ0v) is 36.0. The zero-order chi connectivity index (χ0) is 43.2. The van der Waals surface area contributed by atoms with E-state index in [0.29, 0.717) is 47.7 Å². The standard InChI is InChI=1S/C45H45ClN8O6S2/c46-34-12-10-31(11-13-34)39-9-5-4-6-32(39)26-51-20-22-53(23-21-51)36-14-16-40-42(24-36)47-30-48-44(40)50-62(59,60)38-15-17-41(43(25-38)54(57)58)49-35(29-61-37-7-2-1-3-8-37)18-19-52-27-33(28-52)45(55)56/h1-17,24-25,30,33,35,49H,18-23,26-29H2,(H,55,56)(H,47,48,50)/t35-/m1/s1. The van der Waals surface area contributed by atoms with Gasteiger partial charge in [0, 0.05) is 91.2 Å². The summed E-state index contributed by atoms with van der Waals surface area (Å²) in [7, 11) is -4.32. The van der Waals surface area contributed by atoms with Crippen LogP contribution in [0, 0.1) is 16.0 Å². The van der Waals surface area contributed by atoms with Crippen molar-refractivity contribution in [3.63, 3.8) is 0 Å². The van der Waals surface area contributed by atoms with Crippen molar-refractivity contribution in [3.8, 4) is 11.1 Å². The molecule has 0 spiro atoms. The lowest BCUT2D eigenvalue weighted by Gasteiger charge is -2.37. The number of aromatic nitrogens is 2. The Labute approximate surface area is 369 Å². The summed E-state index contributed by atoms with van der Waals surface area (Å²) in [5, 5.41) is 26.2. The number of carboxylic acids is 1. The van der Waals surface area contributed by atoms with Crippen molar-refractivity contribution in [3.05, 3.63) is 142 Å². The van der Waals surface area contributed by atoms with Crippen molar-refractivity contribution >= 4 is 73.1 Å². The summed E-state index contributed by atoms with van der Waals surface area (Å²) in [6.07, 6.45) is 1.88. The Morgan fingerprint density at radius 2 is 1.65 bits per heavy atom. The van der Waals surface area contributed by atoms with E-state index in [1.54, 1.807) is 17.8 Å². The topological polar surface area (TPSA) is 174 Å². The number of thioether (sulfide) groups is 1. The van der Waals surface area contributed by atoms with Gasteiger partial charge < -0.3 is 20.2 Å². The SMILES string of the molecule is O=C(O)C1CN(CC[C@H](CSc2ccccc2)Nc2ccc(S(=O)(=O)Nc3ncnc4cc(N5CCN(Cc6ccccc6-c6ccc(Cl)cc6)CC5)ccc34)cc2[N+](=O)[O-])C1. The highest BCUT2D eigenvalue weighted by Crippen LogP contribution is 2.33. The molecule has 320 valence electrons. The zero-order valence-electron chi connectivity index (χ0n) is 33.6. The Balaban J connectivity index is 0.929. The maximum Gasteiger partial charge on any atom is 0.309 e. The summed E-state index contributed by atoms with van der Waals surface area (Å²) >= 11 is 7.73. The van der Waals surface area contributed by atoms with Gasteiger partial charge in [0.15, 0.2) is 5.82 Å². The van der Waals surface area contributed by atoms with Gasteiger partial charge in [0.1, 0.15) is 12.0 Å². The second kappa shape index (κ2) is 19.1. The first-order chi connectivity index (χ1) is 30.0. The Morgan fingerprint density at radius 3 is 2.39 bits per heavy atom. The molecule has 2 aliphatic heterocycles. The molecule has 2 aliphatic rings. The number of nitro groups is 1. The van der Waals surface area contributed by atoms with Crippen LogP contribution in [-0.2, 0) is 21.4 Å². The molecule has 0 amide bonds. The first-order valence-electron chi connectivity index (χ1n) is 20.3. The van der Waals surface area contributed by atoms with E-state index in [9.17, 15) is 28.4 Å². The number of halogens is 1. The Hall–Kier alpha value is -5.78. The predicted molar refractivity (Wildman–Crippen MR) is 245 cm³/mol. The summed E-state index contributed by atoms with van der Waals surface area (Å²) in [6, 6.07) is 35.3. The van der Waals surface area contributed by atoms with E-state index in [4.69, 9.17) is 11.6 Å². The fraction of sp³-hybridized carbons (Fsp3) is 0.267. The number of likely N-dealkylation sites (tertiary alicyclic amines) is 1. The van der Waals surface area contributed by atoms with Crippen LogP contribution in [0.15, 0.2) is 131 Å². The van der Waals surface area contributed by atoms with Gasteiger partial charge in [-0.25, -0.2) is 18.4 Å². The van der Waals surface area contributed by atoms with E-state index < -0.39 is 26.8 Å². The molecule has 1 aromatic heterocycles. The minimum Gasteiger partial charge on any atom is -0.481 e. The number of sulfonamides is 1. The molecule has 62 heavy (non-hydrogen) atoms. The van der Waals surface area contributed by atoms with Crippen molar-refractivity contribution in [1.82, 2.24) is 19.8 Å². The van der Waals surface area contributed by atoms with Crippen LogP contribution in [0.3, 0.4) is 0 Å². The molecule has 0 unspecified atom stereocenters. The number of rotatable bonds is 17. The van der Waals surface area contributed by atoms with Crippen molar-refractivity contribution in [2.45, 2.75) is 28.8 Å². The molecule has 0 saturated carbocycles. The Kier molecular flexibility index (Phi) is 13.2. The van der Waals surface area contributed by atoms with Gasteiger partial charge in [0.05, 0.1) is 21.3 Å². The van der Waals surface area contributed by atoms with Gasteiger partial charge in [-0.2, -0.15) is 0 Å². The molecule has 6 aromatic rings. The molecule has 2 fully saturated rings. The number of anilines is 3. The number of aliphatic carboxylic acids is 1. The van der Waals surface area contributed by atoms with Crippen LogP contribution in [0.4, 0.5) is 22.9 Å². The largest absolute Gasteiger partial charge is 0.481 e. The van der Waals surface area contributed by atoms with Gasteiger partial charge in [0.2, 0.25) is 0 Å². The van der Waals surface area contributed by atoms with E-state index in [2.05, 4.69) is 54.1 Å². The fourth-order valence-corrected chi connectivity index (χ4v) is 9.98. The van der Waals surface area contributed by atoms with Gasteiger partial charge in [-0.05, 0) is 77.7 Å². The number of hydrogen-bond donors (Lipinski definition) is 3. The van der Waals surface area contributed by atoms with E-state index >= 15 is 0 Å². The van der Waals surface area contributed by atoms with Gasteiger partial charge in [-0.3, -0.25) is 24.5 Å². The van der Waals surface area contributed by atoms with E-state index in [0.717, 1.165) is 54.9 Å². The lowest BCUT2D eigenvalue weighted by atomic mass is 9.99. The van der Waals surface area contributed by atoms with Crippen LogP contribution < -0.4 is 14.9 Å². The third-order valence-corrected chi connectivity index (χ3v) is 14.0. The highest BCUT2D eigenvalue weighted by Gasteiger charge is 2.33.